The smallest absolute Gasteiger partial charge is 0.227 e. The molecule has 7 heteroatoms. The number of aromatic nitrogens is 3. The first-order valence-corrected chi connectivity index (χ1v) is 8.95. The predicted octanol–water partition coefficient (Wildman–Crippen LogP) is 1.56. The van der Waals surface area contributed by atoms with Gasteiger partial charge in [-0.2, -0.15) is 5.10 Å². The van der Waals surface area contributed by atoms with Crippen LogP contribution in [-0.4, -0.2) is 39.4 Å². The Balaban J connectivity index is 1.95. The number of amides is 1. The molecule has 2 heterocycles. The largest absolute Gasteiger partial charge is 0.396 e. The summed E-state index contributed by atoms with van der Waals surface area (Å²) in [5.74, 6) is 1.28. The highest BCUT2D eigenvalue weighted by Crippen LogP contribution is 2.36. The van der Waals surface area contributed by atoms with Crippen LogP contribution < -0.4 is 5.32 Å². The Labute approximate surface area is 139 Å². The molecular weight excluding hydrogens is 312 g/mol. The fraction of sp³-hybridized carbons (Fsp3) is 0.562. The third kappa shape index (κ3) is 3.45. The van der Waals surface area contributed by atoms with Gasteiger partial charge in [-0.3, -0.25) is 4.79 Å². The second-order valence-corrected chi connectivity index (χ2v) is 6.66. The van der Waals surface area contributed by atoms with Crippen LogP contribution in [0.1, 0.15) is 36.2 Å². The molecule has 0 fully saturated rings. The van der Waals surface area contributed by atoms with Gasteiger partial charge in [0.2, 0.25) is 5.91 Å². The van der Waals surface area contributed by atoms with Crippen molar-refractivity contribution < 1.29 is 9.90 Å². The fourth-order valence-corrected chi connectivity index (χ4v) is 4.10. The highest BCUT2D eigenvalue weighted by molar-refractivity contribution is 7.13. The van der Waals surface area contributed by atoms with Gasteiger partial charge in [0, 0.05) is 20.2 Å². The molecule has 0 saturated heterocycles. The van der Waals surface area contributed by atoms with Gasteiger partial charge >= 0.3 is 0 Å². The molecule has 0 spiro atoms. The Morgan fingerprint density at radius 1 is 1.43 bits per heavy atom. The minimum absolute atomic E-state index is 0.0935. The van der Waals surface area contributed by atoms with Gasteiger partial charge in [0.1, 0.15) is 0 Å². The second kappa shape index (κ2) is 7.23. The van der Waals surface area contributed by atoms with Crippen LogP contribution >= 0.6 is 11.3 Å². The van der Waals surface area contributed by atoms with Crippen LogP contribution in [0.4, 0.5) is 0 Å². The van der Waals surface area contributed by atoms with E-state index in [0.29, 0.717) is 18.8 Å². The number of fused-ring (bicyclic) bond motifs is 1. The Morgan fingerprint density at radius 2 is 2.26 bits per heavy atom. The summed E-state index contributed by atoms with van der Waals surface area (Å²) >= 11 is 1.72. The van der Waals surface area contributed by atoms with E-state index in [1.54, 1.807) is 18.4 Å². The van der Waals surface area contributed by atoms with Gasteiger partial charge < -0.3 is 10.4 Å². The molecule has 0 aromatic carbocycles. The Morgan fingerprint density at radius 3 is 3.04 bits per heavy atom. The number of nitrogens with zero attached hydrogens (tertiary/aromatic N) is 3. The first-order valence-electron chi connectivity index (χ1n) is 8.07. The monoisotopic (exact) mass is 334 g/mol. The molecule has 2 aromatic heterocycles. The Hall–Kier alpha value is -1.73. The number of nitrogens with one attached hydrogen (secondary N) is 1. The average Bonchev–Trinajstić information content (AvgIpc) is 3.16. The van der Waals surface area contributed by atoms with Gasteiger partial charge in [0.05, 0.1) is 11.3 Å². The van der Waals surface area contributed by atoms with Gasteiger partial charge in [-0.1, -0.05) is 0 Å². The van der Waals surface area contributed by atoms with Crippen molar-refractivity contribution in [1.82, 2.24) is 20.1 Å². The van der Waals surface area contributed by atoms with E-state index >= 15 is 0 Å². The molecule has 0 atom stereocenters. The van der Waals surface area contributed by atoms with Gasteiger partial charge in [0.25, 0.3) is 0 Å². The van der Waals surface area contributed by atoms with Crippen LogP contribution in [-0.2, 0) is 30.6 Å². The first kappa shape index (κ1) is 16.1. The Kier molecular flexibility index (Phi) is 5.07. The number of aliphatic hydroxyl groups excluding tert-OH is 1. The zero-order chi connectivity index (χ0) is 16.2. The molecule has 1 amide bonds. The van der Waals surface area contributed by atoms with Crippen molar-refractivity contribution in [1.29, 1.82) is 0 Å². The molecule has 23 heavy (non-hydrogen) atoms. The molecule has 1 aliphatic rings. The number of aryl methyl sites for hydroxylation is 2. The van der Waals surface area contributed by atoms with Crippen LogP contribution in [0.15, 0.2) is 5.38 Å². The number of carbonyl (C=O) groups is 1. The average molecular weight is 334 g/mol. The molecule has 6 nitrogen and oxygen atoms in total. The van der Waals surface area contributed by atoms with Crippen LogP contribution in [0.5, 0.6) is 0 Å². The zero-order valence-electron chi connectivity index (χ0n) is 13.3. The van der Waals surface area contributed by atoms with Crippen molar-refractivity contribution in [2.24, 2.45) is 0 Å². The molecule has 1 aliphatic carbocycles. The third-order valence-corrected chi connectivity index (χ3v) is 5.21. The van der Waals surface area contributed by atoms with Gasteiger partial charge in [-0.25, -0.2) is 9.67 Å². The lowest BCUT2D eigenvalue weighted by molar-refractivity contribution is -0.120. The molecule has 0 bridgehead atoms. The number of likely N-dealkylation sites (N-methyl/N-ethyl adjacent to an activating group) is 1. The van der Waals surface area contributed by atoms with Crippen LogP contribution in [0.2, 0.25) is 0 Å². The van der Waals surface area contributed by atoms with E-state index in [1.165, 1.54) is 28.8 Å². The first-order chi connectivity index (χ1) is 11.2. The van der Waals surface area contributed by atoms with E-state index in [9.17, 15) is 4.79 Å². The van der Waals surface area contributed by atoms with E-state index in [1.807, 2.05) is 4.68 Å². The zero-order valence-corrected chi connectivity index (χ0v) is 14.2. The van der Waals surface area contributed by atoms with Crippen molar-refractivity contribution in [3.05, 3.63) is 22.3 Å². The molecule has 0 radical (unpaired) electrons. The van der Waals surface area contributed by atoms with Gasteiger partial charge in [0.15, 0.2) is 11.6 Å². The molecular formula is C16H22N4O2S. The lowest BCUT2D eigenvalue weighted by Gasteiger charge is -2.13. The summed E-state index contributed by atoms with van der Waals surface area (Å²) < 4.78 is 1.84. The predicted molar refractivity (Wildman–Crippen MR) is 89.5 cm³/mol. The van der Waals surface area contributed by atoms with Crippen LogP contribution in [0.25, 0.3) is 10.7 Å². The van der Waals surface area contributed by atoms with Crippen molar-refractivity contribution in [3.8, 4) is 10.7 Å². The number of aliphatic hydroxyl groups is 1. The van der Waals surface area contributed by atoms with Crippen molar-refractivity contribution in [2.75, 3.05) is 13.7 Å². The topological polar surface area (TPSA) is 80.0 Å². The fourth-order valence-electron chi connectivity index (χ4n) is 2.95. The maximum absolute atomic E-state index is 11.6. The summed E-state index contributed by atoms with van der Waals surface area (Å²) in [5.41, 5.74) is 2.83. The van der Waals surface area contributed by atoms with E-state index in [4.69, 9.17) is 5.11 Å². The number of hydrogen-bond donors (Lipinski definition) is 2. The van der Waals surface area contributed by atoms with E-state index in [-0.39, 0.29) is 18.9 Å². The van der Waals surface area contributed by atoms with Crippen LogP contribution in [0, 0.1) is 0 Å². The Bertz CT molecular complexity index is 692. The molecule has 2 N–H and O–H groups in total. The minimum atomic E-state index is -0.0935. The minimum Gasteiger partial charge on any atom is -0.396 e. The quantitative estimate of drug-likeness (QED) is 0.840. The maximum atomic E-state index is 11.6. The lowest BCUT2D eigenvalue weighted by atomic mass is 9.94. The van der Waals surface area contributed by atoms with Crippen molar-refractivity contribution in [2.45, 2.75) is 45.1 Å². The maximum Gasteiger partial charge on any atom is 0.227 e. The van der Waals surface area contributed by atoms with Gasteiger partial charge in [-0.05, 0) is 48.6 Å². The van der Waals surface area contributed by atoms with Crippen molar-refractivity contribution in [3.63, 3.8) is 0 Å². The third-order valence-electron chi connectivity index (χ3n) is 4.15. The molecule has 0 saturated carbocycles. The lowest BCUT2D eigenvalue weighted by Crippen LogP contribution is -2.20. The summed E-state index contributed by atoms with van der Waals surface area (Å²) in [6.45, 7) is 0.728. The van der Waals surface area contributed by atoms with E-state index in [2.05, 4.69) is 20.8 Å². The normalized spacial score (nSPS) is 13.8. The second-order valence-electron chi connectivity index (χ2n) is 5.78. The van der Waals surface area contributed by atoms with Crippen LogP contribution in [0.3, 0.4) is 0 Å². The number of hydrogen-bond acceptors (Lipinski definition) is 5. The van der Waals surface area contributed by atoms with Crippen molar-refractivity contribution >= 4 is 17.2 Å². The molecule has 124 valence electrons. The van der Waals surface area contributed by atoms with Gasteiger partial charge in [-0.15, -0.1) is 11.3 Å². The SMILES string of the molecule is CNC(=O)Cc1nc(-c2scc3c2CCCC3)n(CCCO)n1. The van der Waals surface area contributed by atoms with E-state index in [0.717, 1.165) is 18.7 Å². The highest BCUT2D eigenvalue weighted by Gasteiger charge is 2.22. The summed E-state index contributed by atoms with van der Waals surface area (Å²) in [5, 5.41) is 18.4. The molecule has 2 aromatic rings. The molecule has 0 aliphatic heterocycles. The number of carbonyl (C=O) groups excluding carboxylic acids is 1. The summed E-state index contributed by atoms with van der Waals surface area (Å²) in [4.78, 5) is 17.4. The van der Waals surface area contributed by atoms with E-state index < -0.39 is 0 Å². The number of rotatable bonds is 6. The molecule has 3 rings (SSSR count). The molecule has 0 unspecified atom stereocenters. The number of thiophene rings is 1. The summed E-state index contributed by atoms with van der Waals surface area (Å²) in [6, 6.07) is 0. The standard InChI is InChI=1S/C16H22N4O2S/c1-17-14(22)9-13-18-16(20(19-13)7-4-8-21)15-12-6-3-2-5-11(12)10-23-15/h10,21H,2-9H2,1H3,(H,17,22). The highest BCUT2D eigenvalue weighted by atomic mass is 32.1. The summed E-state index contributed by atoms with van der Waals surface area (Å²) in [7, 11) is 1.61. The summed E-state index contributed by atoms with van der Waals surface area (Å²) in [6.07, 6.45) is 5.51.